The Morgan fingerprint density at radius 2 is 2.09 bits per heavy atom. The highest BCUT2D eigenvalue weighted by Crippen LogP contribution is 2.50. The molecule has 1 atom stereocenters. The highest BCUT2D eigenvalue weighted by atomic mass is 16.2. The second kappa shape index (κ2) is 4.91. The normalized spacial score (nSPS) is 23.5. The zero-order valence-electron chi connectivity index (χ0n) is 12.9. The molecule has 3 N–H and O–H groups in total. The Kier molecular flexibility index (Phi) is 2.98. The summed E-state index contributed by atoms with van der Waals surface area (Å²) in [4.78, 5) is 21.5. The number of aromatic nitrogens is 1. The van der Waals surface area contributed by atoms with E-state index in [9.17, 15) is 4.79 Å². The molecule has 4 rings (SSSR count). The number of pyridine rings is 1. The first-order valence-electron chi connectivity index (χ1n) is 7.80. The molecule has 0 bridgehead atoms. The van der Waals surface area contributed by atoms with Crippen LogP contribution in [0, 0.1) is 12.8 Å². The van der Waals surface area contributed by atoms with Gasteiger partial charge in [-0.05, 0) is 55.0 Å². The molecule has 1 saturated carbocycles. The third kappa shape index (κ3) is 2.20. The van der Waals surface area contributed by atoms with Crippen LogP contribution in [-0.2, 0) is 10.3 Å². The number of aliphatic imine (C=N–C) groups is 1. The third-order valence-electron chi connectivity index (χ3n) is 4.57. The second-order valence-corrected chi connectivity index (χ2v) is 6.29. The summed E-state index contributed by atoms with van der Waals surface area (Å²) in [6.07, 6.45) is 3.79. The van der Waals surface area contributed by atoms with Crippen LogP contribution in [0.5, 0.6) is 0 Å². The molecule has 5 nitrogen and oxygen atoms in total. The van der Waals surface area contributed by atoms with Gasteiger partial charge in [0.15, 0.2) is 11.5 Å². The van der Waals surface area contributed by atoms with Crippen LogP contribution in [0.4, 0.5) is 0 Å². The minimum absolute atomic E-state index is 0.119. The number of aryl methyl sites for hydroxylation is 1. The van der Waals surface area contributed by atoms with Gasteiger partial charge >= 0.3 is 0 Å². The van der Waals surface area contributed by atoms with E-state index in [0.717, 1.165) is 35.2 Å². The SMILES string of the molecule is Cc1ccnc(-c2cccc(C3(C4CC4)N=C(N)NC3=O)c2)c1. The number of nitrogens with one attached hydrogen (secondary N) is 1. The Morgan fingerprint density at radius 1 is 1.26 bits per heavy atom. The Morgan fingerprint density at radius 3 is 2.74 bits per heavy atom. The lowest BCUT2D eigenvalue weighted by Crippen LogP contribution is -2.40. The molecule has 0 radical (unpaired) electrons. The number of rotatable bonds is 3. The number of carbonyl (C=O) groups is 1. The Balaban J connectivity index is 1.83. The van der Waals surface area contributed by atoms with Crippen molar-refractivity contribution in [3.05, 3.63) is 53.7 Å². The summed E-state index contributed by atoms with van der Waals surface area (Å²) in [5.74, 6) is 0.317. The molecule has 1 aromatic carbocycles. The molecule has 116 valence electrons. The first-order chi connectivity index (χ1) is 11.1. The van der Waals surface area contributed by atoms with E-state index in [1.165, 1.54) is 0 Å². The Labute approximate surface area is 134 Å². The van der Waals surface area contributed by atoms with Crippen molar-refractivity contribution in [1.29, 1.82) is 0 Å². The molecule has 2 aromatic rings. The maximum absolute atomic E-state index is 12.6. The van der Waals surface area contributed by atoms with Crippen molar-refractivity contribution in [3.63, 3.8) is 0 Å². The molecule has 1 aliphatic heterocycles. The number of nitrogens with zero attached hydrogens (tertiary/aromatic N) is 2. The first kappa shape index (κ1) is 13.9. The van der Waals surface area contributed by atoms with Crippen molar-refractivity contribution >= 4 is 11.9 Å². The fourth-order valence-corrected chi connectivity index (χ4v) is 3.30. The monoisotopic (exact) mass is 306 g/mol. The van der Waals surface area contributed by atoms with Crippen LogP contribution < -0.4 is 11.1 Å². The number of benzene rings is 1. The number of carbonyl (C=O) groups excluding carboxylic acids is 1. The van der Waals surface area contributed by atoms with Crippen LogP contribution >= 0.6 is 0 Å². The van der Waals surface area contributed by atoms with Gasteiger partial charge in [-0.25, -0.2) is 4.99 Å². The van der Waals surface area contributed by atoms with Gasteiger partial charge in [0, 0.05) is 11.8 Å². The number of guanidine groups is 1. The highest BCUT2D eigenvalue weighted by molar-refractivity contribution is 6.07. The molecule has 23 heavy (non-hydrogen) atoms. The summed E-state index contributed by atoms with van der Waals surface area (Å²) in [7, 11) is 0. The van der Waals surface area contributed by atoms with Crippen LogP contribution in [0.1, 0.15) is 24.0 Å². The third-order valence-corrected chi connectivity index (χ3v) is 4.57. The molecule has 1 unspecified atom stereocenters. The fourth-order valence-electron chi connectivity index (χ4n) is 3.30. The Bertz CT molecular complexity index is 825. The van der Waals surface area contributed by atoms with Crippen LogP contribution in [0.3, 0.4) is 0 Å². The zero-order valence-corrected chi connectivity index (χ0v) is 12.9. The van der Waals surface area contributed by atoms with Gasteiger partial charge in [0.2, 0.25) is 0 Å². The number of hydrogen-bond acceptors (Lipinski definition) is 4. The predicted octanol–water partition coefficient (Wildman–Crippen LogP) is 2.11. The zero-order chi connectivity index (χ0) is 16.0. The molecule has 0 saturated heterocycles. The summed E-state index contributed by atoms with van der Waals surface area (Å²) in [6.45, 7) is 2.04. The van der Waals surface area contributed by atoms with Crippen LogP contribution in [-0.4, -0.2) is 16.9 Å². The summed E-state index contributed by atoms with van der Waals surface area (Å²) >= 11 is 0. The molecule has 2 heterocycles. The van der Waals surface area contributed by atoms with E-state index >= 15 is 0 Å². The van der Waals surface area contributed by atoms with Gasteiger partial charge < -0.3 is 5.73 Å². The van der Waals surface area contributed by atoms with E-state index in [1.807, 2.05) is 43.3 Å². The van der Waals surface area contributed by atoms with E-state index in [0.29, 0.717) is 0 Å². The van der Waals surface area contributed by atoms with Crippen molar-refractivity contribution in [1.82, 2.24) is 10.3 Å². The topological polar surface area (TPSA) is 80.4 Å². The number of nitrogens with two attached hydrogens (primary N) is 1. The molecular formula is C18H18N4O. The van der Waals surface area contributed by atoms with Crippen molar-refractivity contribution in [3.8, 4) is 11.3 Å². The average molecular weight is 306 g/mol. The maximum Gasteiger partial charge on any atom is 0.259 e. The summed E-state index contributed by atoms with van der Waals surface area (Å²) < 4.78 is 0. The standard InChI is InChI=1S/C18H18N4O/c1-11-7-8-20-15(9-11)12-3-2-4-14(10-12)18(13-5-6-13)16(23)21-17(19)22-18/h2-4,7-10,13H,5-6H2,1H3,(H3,19,21,22,23). The number of amides is 1. The molecule has 1 fully saturated rings. The molecule has 1 aromatic heterocycles. The van der Waals surface area contributed by atoms with Gasteiger partial charge in [-0.15, -0.1) is 0 Å². The molecule has 1 amide bonds. The first-order valence-corrected chi connectivity index (χ1v) is 7.80. The molecule has 1 aliphatic carbocycles. The lowest BCUT2D eigenvalue weighted by molar-refractivity contribution is -0.124. The summed E-state index contributed by atoms with van der Waals surface area (Å²) in [6, 6.07) is 11.9. The van der Waals surface area contributed by atoms with E-state index in [-0.39, 0.29) is 17.8 Å². The van der Waals surface area contributed by atoms with Crippen LogP contribution in [0.2, 0.25) is 0 Å². The fraction of sp³-hybridized carbons (Fsp3) is 0.278. The lowest BCUT2D eigenvalue weighted by Gasteiger charge is -2.24. The molecule has 5 heteroatoms. The summed E-state index contributed by atoms with van der Waals surface area (Å²) in [5, 5.41) is 2.67. The van der Waals surface area contributed by atoms with E-state index < -0.39 is 5.54 Å². The van der Waals surface area contributed by atoms with E-state index in [2.05, 4.69) is 15.3 Å². The van der Waals surface area contributed by atoms with Gasteiger partial charge in [0.25, 0.3) is 5.91 Å². The summed E-state index contributed by atoms with van der Waals surface area (Å²) in [5.41, 5.74) is 8.83. The van der Waals surface area contributed by atoms with E-state index in [1.54, 1.807) is 6.20 Å². The van der Waals surface area contributed by atoms with Crippen molar-refractivity contribution in [2.75, 3.05) is 0 Å². The number of hydrogen-bond donors (Lipinski definition) is 2. The van der Waals surface area contributed by atoms with Crippen molar-refractivity contribution < 1.29 is 4.79 Å². The van der Waals surface area contributed by atoms with Gasteiger partial charge in [-0.3, -0.25) is 15.1 Å². The largest absolute Gasteiger partial charge is 0.370 e. The van der Waals surface area contributed by atoms with Gasteiger partial charge in [-0.1, -0.05) is 18.2 Å². The second-order valence-electron chi connectivity index (χ2n) is 6.29. The molecular weight excluding hydrogens is 288 g/mol. The average Bonchev–Trinajstić information content (AvgIpc) is 3.33. The van der Waals surface area contributed by atoms with Crippen molar-refractivity contribution in [2.45, 2.75) is 25.3 Å². The predicted molar refractivity (Wildman–Crippen MR) is 88.6 cm³/mol. The van der Waals surface area contributed by atoms with Crippen molar-refractivity contribution in [2.24, 2.45) is 16.6 Å². The maximum atomic E-state index is 12.6. The Hall–Kier alpha value is -2.69. The minimum Gasteiger partial charge on any atom is -0.370 e. The van der Waals surface area contributed by atoms with E-state index in [4.69, 9.17) is 5.73 Å². The van der Waals surface area contributed by atoms with Gasteiger partial charge in [-0.2, -0.15) is 0 Å². The quantitative estimate of drug-likeness (QED) is 0.911. The van der Waals surface area contributed by atoms with Crippen LogP contribution in [0.15, 0.2) is 47.6 Å². The molecule has 2 aliphatic rings. The van der Waals surface area contributed by atoms with Crippen LogP contribution in [0.25, 0.3) is 11.3 Å². The van der Waals surface area contributed by atoms with Gasteiger partial charge in [0.1, 0.15) is 0 Å². The lowest BCUT2D eigenvalue weighted by atomic mass is 9.84. The smallest absolute Gasteiger partial charge is 0.259 e. The molecule has 0 spiro atoms. The highest BCUT2D eigenvalue weighted by Gasteiger charge is 2.55. The van der Waals surface area contributed by atoms with Gasteiger partial charge in [0.05, 0.1) is 5.69 Å². The minimum atomic E-state index is -0.871.